The van der Waals surface area contributed by atoms with Gasteiger partial charge < -0.3 is 9.47 Å². The molecule has 4 rings (SSSR count). The van der Waals surface area contributed by atoms with Crippen LogP contribution in [0, 0.1) is 40.4 Å². The summed E-state index contributed by atoms with van der Waals surface area (Å²) < 4.78 is 11.4. The average molecular weight is 611 g/mol. The number of ether oxygens (including phenoxy) is 2. The lowest BCUT2D eigenvalue weighted by molar-refractivity contribution is -0.170. The molecule has 3 aromatic carbocycles. The third-order valence-corrected chi connectivity index (χ3v) is 10.5. The van der Waals surface area contributed by atoms with E-state index in [-0.39, 0.29) is 29.2 Å². The fourth-order valence-electron chi connectivity index (χ4n) is 6.89. The van der Waals surface area contributed by atoms with Gasteiger partial charge in [0.05, 0.1) is 40.7 Å². The first kappa shape index (κ1) is 33.7. The molecule has 8 nitrogen and oxygen atoms in total. The zero-order valence-corrected chi connectivity index (χ0v) is 28.2. The molecule has 3 atom stereocenters. The van der Waals surface area contributed by atoms with Crippen LogP contribution in [-0.4, -0.2) is 19.0 Å². The molecule has 0 N–H and O–H groups in total. The summed E-state index contributed by atoms with van der Waals surface area (Å²) >= 11 is 0. The summed E-state index contributed by atoms with van der Waals surface area (Å²) in [5.41, 5.74) is 1.18. The average Bonchev–Trinajstić information content (AvgIpc) is 3.63. The van der Waals surface area contributed by atoms with E-state index in [2.05, 4.69) is 55.1 Å². The van der Waals surface area contributed by atoms with E-state index in [1.54, 1.807) is 12.1 Å². The molecule has 8 heteroatoms. The highest BCUT2D eigenvalue weighted by Gasteiger charge is 2.76. The van der Waals surface area contributed by atoms with Crippen molar-refractivity contribution in [3.05, 3.63) is 78.4 Å². The second-order valence-electron chi connectivity index (χ2n) is 13.9. The number of hydrogen-bond donors (Lipinski definition) is 0. The van der Waals surface area contributed by atoms with Crippen molar-refractivity contribution in [2.24, 2.45) is 54.0 Å². The third-order valence-electron chi connectivity index (χ3n) is 10.5. The van der Waals surface area contributed by atoms with E-state index in [9.17, 15) is 9.59 Å². The van der Waals surface area contributed by atoms with E-state index in [0.717, 1.165) is 11.3 Å². The second-order valence-corrected chi connectivity index (χ2v) is 13.9. The largest absolute Gasteiger partial charge is 0.469 e. The molecule has 0 amide bonds. The van der Waals surface area contributed by atoms with Crippen LogP contribution in [0.15, 0.2) is 93.3 Å². The summed E-state index contributed by atoms with van der Waals surface area (Å²) in [6.45, 7) is 18.3. The molecule has 1 fully saturated rings. The molecule has 3 aromatic rings. The molecule has 0 bridgehead atoms. The molecule has 0 heterocycles. The van der Waals surface area contributed by atoms with E-state index in [4.69, 9.17) is 9.47 Å². The summed E-state index contributed by atoms with van der Waals surface area (Å²) in [6, 6.07) is 22.3. The van der Waals surface area contributed by atoms with E-state index < -0.39 is 16.2 Å². The zero-order valence-electron chi connectivity index (χ0n) is 28.2. The van der Waals surface area contributed by atoms with Gasteiger partial charge in [-0.05, 0) is 103 Å². The van der Waals surface area contributed by atoms with Crippen molar-refractivity contribution in [3.63, 3.8) is 0 Å². The molecular formula is C37H46N4O4. The highest BCUT2D eigenvalue weighted by Crippen LogP contribution is 2.75. The molecule has 1 aliphatic carbocycles. The van der Waals surface area contributed by atoms with Crippen molar-refractivity contribution in [2.75, 3.05) is 7.11 Å². The lowest BCUT2D eigenvalue weighted by Gasteiger charge is -2.49. The standard InChI is InChI=1S/C37H46N4O4/c1-24(2)36(9,32(42)44-10)26(4)35(7,8)37(23-34(37,5)6)33(43)45-31-21-20-30(22-25(31)3)41-40-29-18-16-28(17-19-29)39-38-27-14-12-11-13-15-27/h11-22,24,26H,23H2,1-10H3/b39-38+,41-40+. The number of rotatable bonds is 11. The Morgan fingerprint density at radius 3 is 1.69 bits per heavy atom. The van der Waals surface area contributed by atoms with Crippen LogP contribution in [0.1, 0.15) is 67.4 Å². The summed E-state index contributed by atoms with van der Waals surface area (Å²) in [4.78, 5) is 27.2. The van der Waals surface area contributed by atoms with Crippen molar-refractivity contribution in [2.45, 2.75) is 68.7 Å². The number of carbonyl (C=O) groups excluding carboxylic acids is 2. The van der Waals surface area contributed by atoms with Crippen LogP contribution in [0.25, 0.3) is 0 Å². The minimum Gasteiger partial charge on any atom is -0.469 e. The minimum atomic E-state index is -0.778. The Kier molecular flexibility index (Phi) is 9.48. The van der Waals surface area contributed by atoms with Crippen LogP contribution in [-0.2, 0) is 14.3 Å². The number of azo groups is 2. The first-order valence-electron chi connectivity index (χ1n) is 15.5. The lowest BCUT2D eigenvalue weighted by atomic mass is 9.54. The maximum Gasteiger partial charge on any atom is 0.318 e. The van der Waals surface area contributed by atoms with Gasteiger partial charge in [0.1, 0.15) is 5.75 Å². The van der Waals surface area contributed by atoms with E-state index >= 15 is 0 Å². The maximum absolute atomic E-state index is 14.1. The topological polar surface area (TPSA) is 102 Å². The van der Waals surface area contributed by atoms with Crippen LogP contribution in [0.4, 0.5) is 22.7 Å². The summed E-state index contributed by atoms with van der Waals surface area (Å²) in [7, 11) is 1.43. The molecule has 0 radical (unpaired) electrons. The predicted octanol–water partition coefficient (Wildman–Crippen LogP) is 10.6. The Balaban J connectivity index is 1.49. The van der Waals surface area contributed by atoms with Gasteiger partial charge >= 0.3 is 11.9 Å². The SMILES string of the molecule is COC(=O)C(C)(C(C)C)C(C)C(C)(C)C1(C(=O)Oc2ccc(/N=N/c3ccc(/N=N/c4ccccc4)cc3)cc2C)CC1(C)C. The van der Waals surface area contributed by atoms with Gasteiger partial charge in [-0.1, -0.05) is 66.7 Å². The number of hydrogen-bond acceptors (Lipinski definition) is 8. The predicted molar refractivity (Wildman–Crippen MR) is 177 cm³/mol. The highest BCUT2D eigenvalue weighted by molar-refractivity contribution is 5.86. The summed E-state index contributed by atoms with van der Waals surface area (Å²) in [6.07, 6.45) is 0.670. The van der Waals surface area contributed by atoms with E-state index in [1.807, 2.05) is 88.4 Å². The smallest absolute Gasteiger partial charge is 0.318 e. The molecule has 238 valence electrons. The van der Waals surface area contributed by atoms with Gasteiger partial charge in [-0.15, -0.1) is 0 Å². The van der Waals surface area contributed by atoms with Crippen molar-refractivity contribution >= 4 is 34.7 Å². The molecule has 0 saturated heterocycles. The van der Waals surface area contributed by atoms with E-state index in [0.29, 0.717) is 29.2 Å². The molecule has 1 saturated carbocycles. The van der Waals surface area contributed by atoms with E-state index in [1.165, 1.54) is 7.11 Å². The Morgan fingerprint density at radius 1 is 0.778 bits per heavy atom. The third kappa shape index (κ3) is 6.33. The van der Waals surface area contributed by atoms with Crippen molar-refractivity contribution in [3.8, 4) is 5.75 Å². The first-order valence-corrected chi connectivity index (χ1v) is 15.5. The Bertz CT molecular complexity index is 1590. The van der Waals surface area contributed by atoms with Gasteiger partial charge in [-0.3, -0.25) is 9.59 Å². The van der Waals surface area contributed by atoms with Crippen LogP contribution in [0.5, 0.6) is 5.75 Å². The first-order chi connectivity index (χ1) is 21.1. The van der Waals surface area contributed by atoms with Gasteiger partial charge in [-0.25, -0.2) is 0 Å². The zero-order chi connectivity index (χ0) is 33.2. The fourth-order valence-corrected chi connectivity index (χ4v) is 6.89. The van der Waals surface area contributed by atoms with Crippen LogP contribution in [0.2, 0.25) is 0 Å². The maximum atomic E-state index is 14.1. The molecule has 0 spiro atoms. The molecule has 3 unspecified atom stereocenters. The number of aryl methyl sites for hydroxylation is 1. The normalized spacial score (nSPS) is 19.8. The number of methoxy groups -OCH3 is 1. The van der Waals surface area contributed by atoms with Crippen LogP contribution in [0.3, 0.4) is 0 Å². The van der Waals surface area contributed by atoms with Crippen LogP contribution < -0.4 is 4.74 Å². The van der Waals surface area contributed by atoms with Crippen molar-refractivity contribution in [1.29, 1.82) is 0 Å². The number of nitrogens with zero attached hydrogens (tertiary/aromatic N) is 4. The summed E-state index contributed by atoms with van der Waals surface area (Å²) in [5, 5.41) is 17.2. The fraction of sp³-hybridized carbons (Fsp3) is 0.459. The Hall–Kier alpha value is -4.20. The van der Waals surface area contributed by atoms with Crippen LogP contribution >= 0.6 is 0 Å². The molecule has 0 aromatic heterocycles. The van der Waals surface area contributed by atoms with Gasteiger partial charge in [0.15, 0.2) is 0 Å². The molecule has 1 aliphatic rings. The second kappa shape index (κ2) is 12.7. The highest BCUT2D eigenvalue weighted by atomic mass is 16.5. The number of benzene rings is 3. The minimum absolute atomic E-state index is 0.0150. The summed E-state index contributed by atoms with van der Waals surface area (Å²) in [5.74, 6) is -0.206. The lowest BCUT2D eigenvalue weighted by Crippen LogP contribution is -2.52. The number of carbonyl (C=O) groups is 2. The monoisotopic (exact) mass is 610 g/mol. The quantitative estimate of drug-likeness (QED) is 0.122. The molecular weight excluding hydrogens is 564 g/mol. The Morgan fingerprint density at radius 2 is 1.24 bits per heavy atom. The van der Waals surface area contributed by atoms with Crippen molar-refractivity contribution < 1.29 is 19.1 Å². The van der Waals surface area contributed by atoms with Gasteiger partial charge in [0, 0.05) is 0 Å². The van der Waals surface area contributed by atoms with Crippen molar-refractivity contribution in [1.82, 2.24) is 0 Å². The Labute approximate surface area is 267 Å². The van der Waals surface area contributed by atoms with Gasteiger partial charge in [0.2, 0.25) is 0 Å². The molecule has 45 heavy (non-hydrogen) atoms. The molecule has 0 aliphatic heterocycles. The van der Waals surface area contributed by atoms with Gasteiger partial charge in [-0.2, -0.15) is 20.5 Å². The van der Waals surface area contributed by atoms with Gasteiger partial charge in [0.25, 0.3) is 0 Å². The number of esters is 2.